The number of carbonyl (C=O) groups excluding carboxylic acids is 1. The molecule has 0 radical (unpaired) electrons. The molecule has 3 rings (SSSR count). The third kappa shape index (κ3) is 2.93. The van der Waals surface area contributed by atoms with Gasteiger partial charge >= 0.3 is 0 Å². The molecule has 1 N–H and O–H groups in total. The van der Waals surface area contributed by atoms with Crippen LogP contribution < -0.4 is 4.74 Å². The number of ether oxygens (including phenoxy) is 1. The molecule has 0 aliphatic carbocycles. The quantitative estimate of drug-likeness (QED) is 0.797. The van der Waals surface area contributed by atoms with E-state index in [0.717, 1.165) is 27.8 Å². The lowest BCUT2D eigenvalue weighted by Crippen LogP contribution is -2.27. The van der Waals surface area contributed by atoms with Gasteiger partial charge in [0, 0.05) is 30.6 Å². The molecule has 0 spiro atoms. The largest absolute Gasteiger partial charge is 0.497 e. The molecule has 23 heavy (non-hydrogen) atoms. The van der Waals surface area contributed by atoms with Gasteiger partial charge in [-0.15, -0.1) is 0 Å². The van der Waals surface area contributed by atoms with Crippen LogP contribution in [0.4, 0.5) is 0 Å². The van der Waals surface area contributed by atoms with E-state index in [0.29, 0.717) is 12.2 Å². The van der Waals surface area contributed by atoms with Crippen molar-refractivity contribution < 1.29 is 9.53 Å². The molecule has 0 aliphatic heterocycles. The van der Waals surface area contributed by atoms with Crippen molar-refractivity contribution in [1.29, 1.82) is 0 Å². The Morgan fingerprint density at radius 2 is 1.91 bits per heavy atom. The Balaban J connectivity index is 1.89. The van der Waals surface area contributed by atoms with Crippen molar-refractivity contribution in [3.8, 4) is 5.75 Å². The van der Waals surface area contributed by atoms with E-state index in [1.165, 1.54) is 0 Å². The van der Waals surface area contributed by atoms with Gasteiger partial charge in [-0.25, -0.2) is 0 Å². The highest BCUT2D eigenvalue weighted by Gasteiger charge is 2.18. The second-order valence-electron chi connectivity index (χ2n) is 5.68. The van der Waals surface area contributed by atoms with E-state index in [4.69, 9.17) is 4.74 Å². The van der Waals surface area contributed by atoms with Crippen molar-refractivity contribution in [1.82, 2.24) is 9.88 Å². The maximum Gasteiger partial charge on any atom is 0.270 e. The summed E-state index contributed by atoms with van der Waals surface area (Å²) in [6, 6.07) is 15.8. The first-order chi connectivity index (χ1) is 11.1. The van der Waals surface area contributed by atoms with Crippen molar-refractivity contribution >= 4 is 16.8 Å². The zero-order chi connectivity index (χ0) is 16.4. The molecule has 4 heteroatoms. The summed E-state index contributed by atoms with van der Waals surface area (Å²) in [5.41, 5.74) is 3.62. The number of aromatic nitrogens is 1. The lowest BCUT2D eigenvalue weighted by atomic mass is 10.1. The van der Waals surface area contributed by atoms with Crippen LogP contribution in [0.25, 0.3) is 10.9 Å². The number of carbonyl (C=O) groups is 1. The minimum absolute atomic E-state index is 0.0125. The second kappa shape index (κ2) is 6.16. The Labute approximate surface area is 135 Å². The predicted molar refractivity (Wildman–Crippen MR) is 91.8 cm³/mol. The first-order valence-electron chi connectivity index (χ1n) is 7.56. The summed E-state index contributed by atoms with van der Waals surface area (Å²) in [6.07, 6.45) is 0. The van der Waals surface area contributed by atoms with Crippen molar-refractivity contribution in [3.05, 3.63) is 65.4 Å². The molecule has 0 atom stereocenters. The van der Waals surface area contributed by atoms with Crippen molar-refractivity contribution in [2.75, 3.05) is 14.2 Å². The smallest absolute Gasteiger partial charge is 0.270 e. The van der Waals surface area contributed by atoms with E-state index >= 15 is 0 Å². The molecule has 0 saturated carbocycles. The van der Waals surface area contributed by atoms with Gasteiger partial charge in [0.2, 0.25) is 0 Å². The number of nitrogens with one attached hydrogen (secondary N) is 1. The van der Waals surface area contributed by atoms with Crippen LogP contribution in [-0.4, -0.2) is 29.9 Å². The fraction of sp³-hybridized carbons (Fsp3) is 0.211. The zero-order valence-corrected chi connectivity index (χ0v) is 13.6. The molecule has 2 aromatic carbocycles. The summed E-state index contributed by atoms with van der Waals surface area (Å²) < 4.78 is 5.24. The maximum atomic E-state index is 12.8. The number of amides is 1. The number of fused-ring (bicyclic) bond motifs is 1. The molecule has 1 amide bonds. The first-order valence-corrected chi connectivity index (χ1v) is 7.56. The van der Waals surface area contributed by atoms with Gasteiger partial charge in [-0.1, -0.05) is 30.3 Å². The number of aromatic amines is 1. The van der Waals surface area contributed by atoms with E-state index < -0.39 is 0 Å². The van der Waals surface area contributed by atoms with Crippen LogP contribution in [0.5, 0.6) is 5.75 Å². The third-order valence-corrected chi connectivity index (χ3v) is 4.09. The van der Waals surface area contributed by atoms with Gasteiger partial charge in [0.15, 0.2) is 0 Å². The van der Waals surface area contributed by atoms with Crippen LogP contribution in [0.1, 0.15) is 21.6 Å². The summed E-state index contributed by atoms with van der Waals surface area (Å²) >= 11 is 0. The molecule has 0 bridgehead atoms. The van der Waals surface area contributed by atoms with E-state index in [1.54, 1.807) is 12.0 Å². The van der Waals surface area contributed by atoms with Gasteiger partial charge in [0.25, 0.3) is 5.91 Å². The molecule has 0 fully saturated rings. The van der Waals surface area contributed by atoms with Crippen LogP contribution in [-0.2, 0) is 6.54 Å². The monoisotopic (exact) mass is 308 g/mol. The lowest BCUT2D eigenvalue weighted by Gasteiger charge is -2.17. The number of hydrogen-bond donors (Lipinski definition) is 1. The molecule has 0 aliphatic rings. The molecule has 4 nitrogen and oxygen atoms in total. The third-order valence-electron chi connectivity index (χ3n) is 4.09. The summed E-state index contributed by atoms with van der Waals surface area (Å²) in [6.45, 7) is 2.55. The van der Waals surface area contributed by atoms with Gasteiger partial charge in [-0.3, -0.25) is 4.79 Å². The molecule has 1 heterocycles. The highest BCUT2D eigenvalue weighted by atomic mass is 16.5. The van der Waals surface area contributed by atoms with Crippen LogP contribution in [0.15, 0.2) is 48.5 Å². The Morgan fingerprint density at radius 1 is 1.17 bits per heavy atom. The minimum Gasteiger partial charge on any atom is -0.497 e. The molecular weight excluding hydrogens is 288 g/mol. The van der Waals surface area contributed by atoms with Gasteiger partial charge in [-0.05, 0) is 30.2 Å². The minimum atomic E-state index is -0.0125. The topological polar surface area (TPSA) is 45.3 Å². The summed E-state index contributed by atoms with van der Waals surface area (Å²) in [4.78, 5) is 17.7. The molecular formula is C19H20N2O2. The van der Waals surface area contributed by atoms with E-state index in [1.807, 2.05) is 62.5 Å². The number of rotatable bonds is 4. The summed E-state index contributed by atoms with van der Waals surface area (Å²) in [5, 5.41) is 1.04. The Hall–Kier alpha value is -2.75. The molecule has 1 aromatic heterocycles. The average molecular weight is 308 g/mol. The Morgan fingerprint density at radius 3 is 2.61 bits per heavy atom. The van der Waals surface area contributed by atoms with Crippen LogP contribution in [0.3, 0.4) is 0 Å². The molecule has 0 saturated heterocycles. The first kappa shape index (κ1) is 15.2. The fourth-order valence-electron chi connectivity index (χ4n) is 2.78. The normalized spacial score (nSPS) is 10.7. The van der Waals surface area contributed by atoms with E-state index in [9.17, 15) is 4.79 Å². The number of aryl methyl sites for hydroxylation is 1. The van der Waals surface area contributed by atoms with Crippen LogP contribution in [0.2, 0.25) is 0 Å². The molecule has 118 valence electrons. The molecule has 0 unspecified atom stereocenters. The molecule has 3 aromatic rings. The number of nitrogens with zero attached hydrogens (tertiary/aromatic N) is 1. The Bertz CT molecular complexity index is 837. The van der Waals surface area contributed by atoms with Crippen LogP contribution >= 0.6 is 0 Å². The average Bonchev–Trinajstić information content (AvgIpc) is 2.91. The number of hydrogen-bond acceptors (Lipinski definition) is 2. The Kier molecular flexibility index (Phi) is 4.06. The lowest BCUT2D eigenvalue weighted by molar-refractivity contribution is 0.0779. The van der Waals surface area contributed by atoms with E-state index in [2.05, 4.69) is 4.98 Å². The van der Waals surface area contributed by atoms with Crippen LogP contribution in [0, 0.1) is 6.92 Å². The number of methoxy groups -OCH3 is 1. The van der Waals surface area contributed by atoms with Crippen molar-refractivity contribution in [3.63, 3.8) is 0 Å². The number of H-pyrrole nitrogens is 1. The van der Waals surface area contributed by atoms with Gasteiger partial charge in [0.05, 0.1) is 7.11 Å². The fourth-order valence-corrected chi connectivity index (χ4v) is 2.78. The SMILES string of the molecule is COc1ccc2c(C)c(C(=O)N(C)Cc3ccccc3)[nH]c2c1. The predicted octanol–water partition coefficient (Wildman–Crippen LogP) is 3.76. The highest BCUT2D eigenvalue weighted by molar-refractivity contribution is 6.01. The van der Waals surface area contributed by atoms with Gasteiger partial charge in [0.1, 0.15) is 11.4 Å². The summed E-state index contributed by atoms with van der Waals surface area (Å²) in [5.74, 6) is 0.761. The van der Waals surface area contributed by atoms with Gasteiger partial charge < -0.3 is 14.6 Å². The standard InChI is InChI=1S/C19H20N2O2/c1-13-16-10-9-15(23-3)11-17(16)20-18(13)19(22)21(2)12-14-7-5-4-6-8-14/h4-11,20H,12H2,1-3H3. The zero-order valence-electron chi connectivity index (χ0n) is 13.6. The van der Waals surface area contributed by atoms with Crippen molar-refractivity contribution in [2.24, 2.45) is 0 Å². The van der Waals surface area contributed by atoms with Crippen molar-refractivity contribution in [2.45, 2.75) is 13.5 Å². The van der Waals surface area contributed by atoms with Gasteiger partial charge in [-0.2, -0.15) is 0 Å². The summed E-state index contributed by atoms with van der Waals surface area (Å²) in [7, 11) is 3.46. The maximum absolute atomic E-state index is 12.8. The van der Waals surface area contributed by atoms with E-state index in [-0.39, 0.29) is 5.91 Å². The number of benzene rings is 2. The highest BCUT2D eigenvalue weighted by Crippen LogP contribution is 2.26. The second-order valence-corrected chi connectivity index (χ2v) is 5.68.